The Morgan fingerprint density at radius 1 is 1.12 bits per heavy atom. The van der Waals surface area contributed by atoms with E-state index in [1.165, 1.54) is 12.1 Å². The lowest BCUT2D eigenvalue weighted by Gasteiger charge is -2.32. The van der Waals surface area contributed by atoms with Gasteiger partial charge in [0.2, 0.25) is 5.91 Å². The largest absolute Gasteiger partial charge is 0.343 e. The third-order valence-corrected chi connectivity index (χ3v) is 4.96. The highest BCUT2D eigenvalue weighted by molar-refractivity contribution is 5.81. The second-order valence-electron chi connectivity index (χ2n) is 6.47. The topological polar surface area (TPSA) is 52.9 Å². The third-order valence-electron chi connectivity index (χ3n) is 4.96. The van der Waals surface area contributed by atoms with Crippen molar-refractivity contribution < 1.29 is 9.18 Å². The fourth-order valence-electron chi connectivity index (χ4n) is 3.79. The van der Waals surface area contributed by atoms with Crippen molar-refractivity contribution in [3.8, 4) is 17.2 Å². The van der Waals surface area contributed by atoms with Crippen molar-refractivity contribution in [1.82, 2.24) is 5.32 Å². The number of nitrogens with one attached hydrogen (secondary N) is 1. The van der Waals surface area contributed by atoms with E-state index in [-0.39, 0.29) is 30.1 Å². The van der Waals surface area contributed by atoms with Gasteiger partial charge in [0.05, 0.1) is 6.07 Å². The minimum atomic E-state index is -0.257. The normalized spacial score (nSPS) is 19.8. The smallest absolute Gasteiger partial charge is 0.224 e. The van der Waals surface area contributed by atoms with E-state index in [1.54, 1.807) is 12.1 Å². The van der Waals surface area contributed by atoms with Crippen molar-refractivity contribution in [1.29, 1.82) is 5.26 Å². The SMILES string of the molecule is N#CCNC(=O)[C@@H]1CCCC[C@H]1c1ccccc1-c1ccc(F)cc1. The first kappa shape index (κ1) is 17.2. The minimum absolute atomic E-state index is 0.0415. The van der Waals surface area contributed by atoms with E-state index >= 15 is 0 Å². The van der Waals surface area contributed by atoms with Crippen LogP contribution in [0.5, 0.6) is 0 Å². The lowest BCUT2D eigenvalue weighted by atomic mass is 9.73. The Balaban J connectivity index is 1.95. The Hall–Kier alpha value is -2.67. The molecule has 0 unspecified atom stereocenters. The lowest BCUT2D eigenvalue weighted by Crippen LogP contribution is -2.36. The Labute approximate surface area is 147 Å². The molecule has 1 aliphatic rings. The predicted molar refractivity (Wildman–Crippen MR) is 95.2 cm³/mol. The quantitative estimate of drug-likeness (QED) is 0.841. The van der Waals surface area contributed by atoms with Crippen LogP contribution < -0.4 is 5.32 Å². The van der Waals surface area contributed by atoms with E-state index < -0.39 is 0 Å². The maximum absolute atomic E-state index is 13.3. The van der Waals surface area contributed by atoms with Gasteiger partial charge in [-0.2, -0.15) is 5.26 Å². The van der Waals surface area contributed by atoms with Gasteiger partial charge >= 0.3 is 0 Å². The van der Waals surface area contributed by atoms with Gasteiger partial charge in [-0.3, -0.25) is 4.79 Å². The molecule has 1 N–H and O–H groups in total. The molecule has 25 heavy (non-hydrogen) atoms. The van der Waals surface area contributed by atoms with Crippen molar-refractivity contribution in [2.45, 2.75) is 31.6 Å². The average Bonchev–Trinajstić information content (AvgIpc) is 2.67. The number of rotatable bonds is 4. The van der Waals surface area contributed by atoms with Crippen LogP contribution in [0.15, 0.2) is 48.5 Å². The molecule has 0 aromatic heterocycles. The zero-order chi connectivity index (χ0) is 17.6. The maximum Gasteiger partial charge on any atom is 0.224 e. The molecular formula is C21H21FN2O. The highest BCUT2D eigenvalue weighted by Gasteiger charge is 2.33. The van der Waals surface area contributed by atoms with Crippen LogP contribution in [0.4, 0.5) is 4.39 Å². The fourth-order valence-corrected chi connectivity index (χ4v) is 3.79. The van der Waals surface area contributed by atoms with E-state index in [2.05, 4.69) is 11.4 Å². The van der Waals surface area contributed by atoms with E-state index in [1.807, 2.05) is 24.3 Å². The van der Waals surface area contributed by atoms with Gasteiger partial charge in [-0.25, -0.2) is 4.39 Å². The maximum atomic E-state index is 13.3. The molecule has 0 radical (unpaired) electrons. The first-order chi connectivity index (χ1) is 12.2. The van der Waals surface area contributed by atoms with Gasteiger partial charge in [0, 0.05) is 5.92 Å². The predicted octanol–water partition coefficient (Wildman–Crippen LogP) is 4.41. The number of halogens is 1. The zero-order valence-corrected chi connectivity index (χ0v) is 14.0. The molecule has 1 saturated carbocycles. The summed E-state index contributed by atoms with van der Waals surface area (Å²) < 4.78 is 13.3. The fraction of sp³-hybridized carbons (Fsp3) is 0.333. The van der Waals surface area contributed by atoms with Gasteiger partial charge in [0.15, 0.2) is 0 Å². The summed E-state index contributed by atoms with van der Waals surface area (Å²) in [4.78, 5) is 12.5. The van der Waals surface area contributed by atoms with E-state index in [9.17, 15) is 9.18 Å². The zero-order valence-electron chi connectivity index (χ0n) is 14.0. The van der Waals surface area contributed by atoms with Crippen molar-refractivity contribution >= 4 is 5.91 Å². The van der Waals surface area contributed by atoms with Crippen molar-refractivity contribution in [3.63, 3.8) is 0 Å². The molecule has 128 valence electrons. The third kappa shape index (κ3) is 3.88. The number of amides is 1. The van der Waals surface area contributed by atoms with Crippen LogP contribution in [0.2, 0.25) is 0 Å². The molecule has 2 aromatic rings. The molecular weight excluding hydrogens is 315 g/mol. The Kier molecular flexibility index (Phi) is 5.45. The van der Waals surface area contributed by atoms with E-state index in [0.717, 1.165) is 42.4 Å². The van der Waals surface area contributed by atoms with E-state index in [0.29, 0.717) is 0 Å². The van der Waals surface area contributed by atoms with Gasteiger partial charge in [-0.1, -0.05) is 49.2 Å². The molecule has 1 amide bonds. The Bertz CT molecular complexity index is 779. The summed E-state index contributed by atoms with van der Waals surface area (Å²) in [5, 5.41) is 11.4. The summed E-state index contributed by atoms with van der Waals surface area (Å²) >= 11 is 0. The number of hydrogen-bond acceptors (Lipinski definition) is 2. The molecule has 1 fully saturated rings. The number of hydrogen-bond donors (Lipinski definition) is 1. The van der Waals surface area contributed by atoms with Crippen molar-refractivity contribution in [2.75, 3.05) is 6.54 Å². The van der Waals surface area contributed by atoms with Crippen LogP contribution in [0.1, 0.15) is 37.2 Å². The monoisotopic (exact) mass is 336 g/mol. The molecule has 3 nitrogen and oxygen atoms in total. The van der Waals surface area contributed by atoms with E-state index in [4.69, 9.17) is 5.26 Å². The lowest BCUT2D eigenvalue weighted by molar-refractivity contribution is -0.126. The molecule has 1 aliphatic carbocycles. The van der Waals surface area contributed by atoms with Crippen LogP contribution in [0, 0.1) is 23.1 Å². The summed E-state index contributed by atoms with van der Waals surface area (Å²) in [5.41, 5.74) is 3.14. The summed E-state index contributed by atoms with van der Waals surface area (Å²) in [5.74, 6) is -0.301. The van der Waals surface area contributed by atoms with Gasteiger partial charge in [-0.15, -0.1) is 0 Å². The molecule has 0 bridgehead atoms. The Morgan fingerprint density at radius 2 is 1.84 bits per heavy atom. The minimum Gasteiger partial charge on any atom is -0.343 e. The molecule has 2 aromatic carbocycles. The molecule has 0 saturated heterocycles. The summed E-state index contributed by atoms with van der Waals surface area (Å²) in [6, 6.07) is 16.5. The number of carbonyl (C=O) groups is 1. The number of benzene rings is 2. The van der Waals surface area contributed by atoms with Crippen LogP contribution >= 0.6 is 0 Å². The number of nitrogens with zero attached hydrogens (tertiary/aromatic N) is 1. The molecule has 3 rings (SSSR count). The first-order valence-electron chi connectivity index (χ1n) is 8.70. The average molecular weight is 336 g/mol. The molecule has 0 spiro atoms. The summed E-state index contributed by atoms with van der Waals surface area (Å²) in [7, 11) is 0. The molecule has 2 atom stereocenters. The van der Waals surface area contributed by atoms with Gasteiger partial charge in [-0.05, 0) is 47.6 Å². The van der Waals surface area contributed by atoms with Gasteiger partial charge in [0.25, 0.3) is 0 Å². The second kappa shape index (κ2) is 7.94. The standard InChI is InChI=1S/C21H21FN2O/c22-16-11-9-15(10-12-16)17-5-1-2-6-18(17)19-7-3-4-8-20(19)21(25)24-14-13-23/h1-2,5-6,9-12,19-20H,3-4,7-8,14H2,(H,24,25)/t19-,20+/m0/s1. The van der Waals surface area contributed by atoms with Crippen LogP contribution in [-0.2, 0) is 4.79 Å². The molecule has 0 aliphatic heterocycles. The molecule has 0 heterocycles. The van der Waals surface area contributed by atoms with Crippen molar-refractivity contribution in [3.05, 3.63) is 59.9 Å². The highest BCUT2D eigenvalue weighted by Crippen LogP contribution is 2.41. The highest BCUT2D eigenvalue weighted by atomic mass is 19.1. The first-order valence-corrected chi connectivity index (χ1v) is 8.70. The number of nitriles is 1. The summed E-state index contributed by atoms with van der Waals surface area (Å²) in [6.07, 6.45) is 3.90. The molecule has 4 heteroatoms. The van der Waals surface area contributed by atoms with Crippen molar-refractivity contribution in [2.24, 2.45) is 5.92 Å². The summed E-state index contributed by atoms with van der Waals surface area (Å²) in [6.45, 7) is 0.0433. The number of carbonyl (C=O) groups excluding carboxylic acids is 1. The Morgan fingerprint density at radius 3 is 2.60 bits per heavy atom. The van der Waals surface area contributed by atoms with Crippen LogP contribution in [0.25, 0.3) is 11.1 Å². The van der Waals surface area contributed by atoms with Gasteiger partial charge < -0.3 is 5.32 Å². The second-order valence-corrected chi connectivity index (χ2v) is 6.47. The van der Waals surface area contributed by atoms with Crippen LogP contribution in [-0.4, -0.2) is 12.5 Å². The van der Waals surface area contributed by atoms with Crippen LogP contribution in [0.3, 0.4) is 0 Å². The van der Waals surface area contributed by atoms with Gasteiger partial charge in [0.1, 0.15) is 12.4 Å².